The lowest BCUT2D eigenvalue weighted by Gasteiger charge is -2.37. The fraction of sp³-hybridized carbons (Fsp3) is 0.750. The van der Waals surface area contributed by atoms with Crippen molar-refractivity contribution in [1.29, 1.82) is 0 Å². The molecule has 0 aromatic carbocycles. The van der Waals surface area contributed by atoms with Crippen LogP contribution in [0.3, 0.4) is 0 Å². The average Bonchev–Trinajstić information content (AvgIpc) is 3.06. The molecule has 2 fully saturated rings. The van der Waals surface area contributed by atoms with E-state index in [0.29, 0.717) is 25.2 Å². The molecule has 2 saturated heterocycles. The molecule has 5 heteroatoms. The average molecular weight is 406 g/mol. The highest BCUT2D eigenvalue weighted by molar-refractivity contribution is 5.22. The molecule has 29 heavy (non-hydrogen) atoms. The number of likely N-dealkylation sites (N-methyl/N-ethyl adjacent to an activating group) is 1. The van der Waals surface area contributed by atoms with Crippen LogP contribution in [0.1, 0.15) is 40.0 Å². The van der Waals surface area contributed by atoms with Gasteiger partial charge in [-0.2, -0.15) is 0 Å². The van der Waals surface area contributed by atoms with Gasteiger partial charge in [0, 0.05) is 31.8 Å². The molecule has 0 aromatic rings. The number of β-amino-alcohol motifs (C(OH)–C–C–N with tert-alkyl or cyclic N) is 1. The van der Waals surface area contributed by atoms with Crippen LogP contribution in [0.5, 0.6) is 0 Å². The Morgan fingerprint density at radius 3 is 2.62 bits per heavy atom. The van der Waals surface area contributed by atoms with Crippen LogP contribution >= 0.6 is 0 Å². The van der Waals surface area contributed by atoms with Crippen LogP contribution in [-0.4, -0.2) is 91.1 Å². The molecule has 0 radical (unpaired) electrons. The molecule has 0 bridgehead atoms. The molecular formula is C24H43N3O2. The zero-order valence-corrected chi connectivity index (χ0v) is 19.1. The van der Waals surface area contributed by atoms with Gasteiger partial charge in [0.2, 0.25) is 0 Å². The summed E-state index contributed by atoms with van der Waals surface area (Å²) in [5.41, 5.74) is 1.03. The summed E-state index contributed by atoms with van der Waals surface area (Å²) in [5.74, 6) is 0.158. The number of aliphatic hydroxyl groups excluding tert-OH is 1. The minimum absolute atomic E-state index is 0.158. The molecular weight excluding hydrogens is 362 g/mol. The molecule has 166 valence electrons. The van der Waals surface area contributed by atoms with E-state index in [9.17, 15) is 5.11 Å². The minimum atomic E-state index is -0.460. The highest BCUT2D eigenvalue weighted by atomic mass is 16.5. The topological polar surface area (TPSA) is 39.2 Å². The van der Waals surface area contributed by atoms with Gasteiger partial charge in [0.15, 0.2) is 0 Å². The molecule has 0 spiro atoms. The zero-order valence-electron chi connectivity index (χ0n) is 19.1. The Morgan fingerprint density at radius 2 is 2.03 bits per heavy atom. The third-order valence-electron chi connectivity index (χ3n) is 6.41. The molecule has 2 rings (SSSR count). The number of piperidine rings is 1. The fourth-order valence-corrected chi connectivity index (χ4v) is 4.28. The van der Waals surface area contributed by atoms with Crippen LogP contribution < -0.4 is 0 Å². The van der Waals surface area contributed by atoms with Crippen molar-refractivity contribution in [2.75, 3.05) is 53.1 Å². The summed E-state index contributed by atoms with van der Waals surface area (Å²) in [6.07, 6.45) is 10.9. The van der Waals surface area contributed by atoms with E-state index in [-0.39, 0.29) is 5.92 Å². The molecule has 0 saturated carbocycles. The summed E-state index contributed by atoms with van der Waals surface area (Å²) in [7, 11) is 2.22. The van der Waals surface area contributed by atoms with Crippen molar-refractivity contribution in [3.63, 3.8) is 0 Å². The first-order chi connectivity index (χ1) is 14.0. The largest absolute Gasteiger partial charge is 0.387 e. The van der Waals surface area contributed by atoms with Crippen molar-refractivity contribution < 1.29 is 9.84 Å². The molecule has 2 aliphatic heterocycles. The summed E-state index contributed by atoms with van der Waals surface area (Å²) in [6.45, 7) is 16.9. The van der Waals surface area contributed by atoms with E-state index in [1.165, 1.54) is 19.4 Å². The van der Waals surface area contributed by atoms with Crippen molar-refractivity contribution in [1.82, 2.24) is 14.7 Å². The summed E-state index contributed by atoms with van der Waals surface area (Å²) in [5, 5.41) is 10.9. The van der Waals surface area contributed by atoms with Gasteiger partial charge in [-0.05, 0) is 57.8 Å². The number of allylic oxidation sites excluding steroid dienone is 3. The van der Waals surface area contributed by atoms with E-state index in [1.54, 1.807) is 0 Å². The van der Waals surface area contributed by atoms with Gasteiger partial charge in [-0.1, -0.05) is 38.2 Å². The summed E-state index contributed by atoms with van der Waals surface area (Å²) < 4.78 is 5.48. The Bertz CT molecular complexity index is 530. The highest BCUT2D eigenvalue weighted by Gasteiger charge is 2.32. The van der Waals surface area contributed by atoms with E-state index in [1.807, 2.05) is 24.3 Å². The highest BCUT2D eigenvalue weighted by Crippen LogP contribution is 2.23. The van der Waals surface area contributed by atoms with Gasteiger partial charge in [0.25, 0.3) is 0 Å². The molecule has 0 aliphatic carbocycles. The number of ether oxygens (including phenoxy) is 1. The predicted molar refractivity (Wildman–Crippen MR) is 122 cm³/mol. The maximum Gasteiger partial charge on any atom is 0.0885 e. The normalized spacial score (nSPS) is 25.7. The van der Waals surface area contributed by atoms with Crippen LogP contribution in [0.2, 0.25) is 0 Å². The molecule has 3 atom stereocenters. The van der Waals surface area contributed by atoms with Crippen molar-refractivity contribution in [3.8, 4) is 0 Å². The van der Waals surface area contributed by atoms with Crippen molar-refractivity contribution in [2.45, 2.75) is 58.2 Å². The number of hydrogen-bond acceptors (Lipinski definition) is 5. The van der Waals surface area contributed by atoms with Crippen LogP contribution in [-0.2, 0) is 4.74 Å². The number of nitrogens with zero attached hydrogens (tertiary/aromatic N) is 3. The first-order valence-electron chi connectivity index (χ1n) is 11.4. The van der Waals surface area contributed by atoms with Crippen molar-refractivity contribution >= 4 is 0 Å². The minimum Gasteiger partial charge on any atom is -0.387 e. The fourth-order valence-electron chi connectivity index (χ4n) is 4.28. The van der Waals surface area contributed by atoms with Gasteiger partial charge >= 0.3 is 0 Å². The van der Waals surface area contributed by atoms with E-state index in [4.69, 9.17) is 4.74 Å². The number of aliphatic hydroxyl groups is 1. The Hall–Kier alpha value is -0.980. The van der Waals surface area contributed by atoms with Crippen LogP contribution in [0.25, 0.3) is 0 Å². The quantitative estimate of drug-likeness (QED) is 0.325. The lowest BCUT2D eigenvalue weighted by atomic mass is 9.94. The molecule has 2 unspecified atom stereocenters. The zero-order chi connectivity index (χ0) is 21.2. The lowest BCUT2D eigenvalue weighted by molar-refractivity contribution is 0.0804. The van der Waals surface area contributed by atoms with E-state index >= 15 is 0 Å². The van der Waals surface area contributed by atoms with Crippen molar-refractivity contribution in [2.24, 2.45) is 5.92 Å². The second-order valence-corrected chi connectivity index (χ2v) is 8.76. The summed E-state index contributed by atoms with van der Waals surface area (Å²) in [6, 6.07) is 1.34. The van der Waals surface area contributed by atoms with Gasteiger partial charge in [-0.3, -0.25) is 9.80 Å². The lowest BCUT2D eigenvalue weighted by Crippen LogP contribution is -2.46. The maximum absolute atomic E-state index is 10.9. The molecule has 0 aromatic heterocycles. The van der Waals surface area contributed by atoms with Gasteiger partial charge in [0.1, 0.15) is 0 Å². The SMILES string of the molecule is C=CC(C)/C(=C\C=C\COCCC)[C@@H](O)CN1CCC(N2CC(C)N(C)C2)CC1. The predicted octanol–water partition coefficient (Wildman–Crippen LogP) is 3.14. The Kier molecular flexibility index (Phi) is 10.6. The Balaban J connectivity index is 1.83. The molecule has 0 amide bonds. The maximum atomic E-state index is 10.9. The van der Waals surface area contributed by atoms with Gasteiger partial charge in [-0.25, -0.2) is 0 Å². The smallest absolute Gasteiger partial charge is 0.0885 e. The molecule has 2 heterocycles. The second-order valence-electron chi connectivity index (χ2n) is 8.76. The third kappa shape index (κ3) is 7.65. The molecule has 2 aliphatic rings. The summed E-state index contributed by atoms with van der Waals surface area (Å²) >= 11 is 0. The Morgan fingerprint density at radius 1 is 1.31 bits per heavy atom. The van der Waals surface area contributed by atoms with Gasteiger partial charge in [-0.15, -0.1) is 6.58 Å². The van der Waals surface area contributed by atoms with Gasteiger partial charge in [0.05, 0.1) is 19.4 Å². The monoisotopic (exact) mass is 405 g/mol. The van der Waals surface area contributed by atoms with E-state index in [2.05, 4.69) is 49.1 Å². The van der Waals surface area contributed by atoms with E-state index < -0.39 is 6.10 Å². The van der Waals surface area contributed by atoms with E-state index in [0.717, 1.165) is 38.4 Å². The third-order valence-corrected chi connectivity index (χ3v) is 6.41. The second kappa shape index (κ2) is 12.7. The van der Waals surface area contributed by atoms with Crippen LogP contribution in [0.4, 0.5) is 0 Å². The van der Waals surface area contributed by atoms with Crippen LogP contribution in [0, 0.1) is 5.92 Å². The standard InChI is InChI=1S/C24H43N3O2/c1-6-15-29-16-9-8-10-23(20(3)7-2)24(28)18-26-13-11-22(12-14-26)27-17-21(4)25(5)19-27/h7-10,20-22,24,28H,2,6,11-19H2,1,3-5H3/b9-8+,23-10+/t20?,21?,24-/m0/s1. The van der Waals surface area contributed by atoms with Crippen molar-refractivity contribution in [3.05, 3.63) is 36.5 Å². The number of likely N-dealkylation sites (tertiary alicyclic amines) is 1. The van der Waals surface area contributed by atoms with Crippen LogP contribution in [0.15, 0.2) is 36.5 Å². The molecule has 1 N–H and O–H groups in total. The summed E-state index contributed by atoms with van der Waals surface area (Å²) in [4.78, 5) is 7.49. The molecule has 5 nitrogen and oxygen atoms in total. The number of hydrogen-bond donors (Lipinski definition) is 1. The first kappa shape index (κ1) is 24.3. The first-order valence-corrected chi connectivity index (χ1v) is 11.4. The van der Waals surface area contributed by atoms with Gasteiger partial charge < -0.3 is 14.7 Å². The Labute approximate surface area is 178 Å². The number of rotatable bonds is 11.